The lowest BCUT2D eigenvalue weighted by Crippen LogP contribution is -2.52. The van der Waals surface area contributed by atoms with Crippen molar-refractivity contribution >= 4 is 23.4 Å². The monoisotopic (exact) mass is 502 g/mol. The van der Waals surface area contributed by atoms with Gasteiger partial charge < -0.3 is 24.4 Å². The normalized spacial score (nSPS) is 14.6. The molecule has 0 saturated heterocycles. The molecule has 0 radical (unpaired) electrons. The Morgan fingerprint density at radius 1 is 1.03 bits per heavy atom. The van der Waals surface area contributed by atoms with Crippen LogP contribution >= 0.6 is 11.6 Å². The molecule has 0 aromatic heterocycles. The Bertz CT molecular complexity index is 971. The van der Waals surface area contributed by atoms with Crippen molar-refractivity contribution in [2.45, 2.75) is 64.1 Å². The Morgan fingerprint density at radius 3 is 2.26 bits per heavy atom. The van der Waals surface area contributed by atoms with Crippen molar-refractivity contribution in [2.24, 2.45) is 0 Å². The first-order chi connectivity index (χ1) is 16.9. The summed E-state index contributed by atoms with van der Waals surface area (Å²) in [5.41, 5.74) is 0.773. The minimum atomic E-state index is -0.635. The lowest BCUT2D eigenvalue weighted by Gasteiger charge is -2.33. The average molecular weight is 503 g/mol. The van der Waals surface area contributed by atoms with Crippen LogP contribution in [0.15, 0.2) is 42.5 Å². The van der Waals surface area contributed by atoms with E-state index in [0.29, 0.717) is 28.7 Å². The van der Waals surface area contributed by atoms with Gasteiger partial charge in [-0.15, -0.1) is 0 Å². The van der Waals surface area contributed by atoms with Gasteiger partial charge in [-0.05, 0) is 30.9 Å². The van der Waals surface area contributed by atoms with E-state index in [0.717, 1.165) is 31.2 Å². The summed E-state index contributed by atoms with van der Waals surface area (Å²) in [5.74, 6) is 1.10. The van der Waals surface area contributed by atoms with Crippen molar-refractivity contribution in [3.63, 3.8) is 0 Å². The minimum absolute atomic E-state index is 0.136. The van der Waals surface area contributed by atoms with Gasteiger partial charge in [-0.3, -0.25) is 9.59 Å². The van der Waals surface area contributed by atoms with Gasteiger partial charge in [0.05, 0.1) is 14.2 Å². The van der Waals surface area contributed by atoms with Crippen molar-refractivity contribution in [1.82, 2.24) is 10.2 Å². The molecule has 0 unspecified atom stereocenters. The van der Waals surface area contributed by atoms with E-state index in [-0.39, 0.29) is 31.0 Å². The molecule has 2 amide bonds. The summed E-state index contributed by atoms with van der Waals surface area (Å²) in [6.07, 6.45) is 5.85. The van der Waals surface area contributed by atoms with Crippen LogP contribution in [-0.4, -0.2) is 49.6 Å². The maximum Gasteiger partial charge on any atom is 0.261 e. The van der Waals surface area contributed by atoms with Gasteiger partial charge >= 0.3 is 0 Å². The van der Waals surface area contributed by atoms with Crippen LogP contribution in [0.3, 0.4) is 0 Å². The fourth-order valence-electron chi connectivity index (χ4n) is 4.37. The average Bonchev–Trinajstić information content (AvgIpc) is 2.88. The molecule has 0 spiro atoms. The number of nitrogens with zero attached hydrogens (tertiary/aromatic N) is 1. The van der Waals surface area contributed by atoms with E-state index >= 15 is 0 Å². The molecule has 2 aromatic carbocycles. The quantitative estimate of drug-likeness (QED) is 0.468. The van der Waals surface area contributed by atoms with Crippen molar-refractivity contribution < 1.29 is 23.8 Å². The number of halogens is 1. The Hall–Kier alpha value is -2.93. The summed E-state index contributed by atoms with van der Waals surface area (Å²) in [5, 5.41) is 3.72. The van der Waals surface area contributed by atoms with E-state index in [1.165, 1.54) is 6.42 Å². The maximum atomic E-state index is 13.5. The molecule has 1 saturated carbocycles. The second-order valence-electron chi connectivity index (χ2n) is 8.72. The summed E-state index contributed by atoms with van der Waals surface area (Å²) >= 11 is 6.40. The van der Waals surface area contributed by atoms with Gasteiger partial charge in [0, 0.05) is 35.8 Å². The number of amides is 2. The molecule has 1 aliphatic rings. The number of carbonyl (C=O) groups is 2. The fraction of sp³-hybridized carbons (Fsp3) is 0.481. The highest BCUT2D eigenvalue weighted by Gasteiger charge is 2.31. The number of ether oxygens (including phenoxy) is 3. The number of rotatable bonds is 11. The predicted octanol–water partition coefficient (Wildman–Crippen LogP) is 4.99. The molecule has 190 valence electrons. The number of carbonyl (C=O) groups excluding carboxylic acids is 2. The molecule has 35 heavy (non-hydrogen) atoms. The highest BCUT2D eigenvalue weighted by atomic mass is 35.5. The number of hydrogen-bond donors (Lipinski definition) is 1. The Labute approximate surface area is 212 Å². The molecule has 0 bridgehead atoms. The topological polar surface area (TPSA) is 77.1 Å². The maximum absolute atomic E-state index is 13.5. The Morgan fingerprint density at radius 2 is 1.66 bits per heavy atom. The molecule has 1 aliphatic carbocycles. The van der Waals surface area contributed by atoms with E-state index in [9.17, 15) is 9.59 Å². The van der Waals surface area contributed by atoms with Crippen LogP contribution in [0.5, 0.6) is 17.2 Å². The number of nitrogens with one attached hydrogen (secondary N) is 1. The summed E-state index contributed by atoms with van der Waals surface area (Å²) in [4.78, 5) is 28.3. The predicted molar refractivity (Wildman–Crippen MR) is 136 cm³/mol. The molecule has 1 atom stereocenters. The second kappa shape index (κ2) is 13.2. The smallest absolute Gasteiger partial charge is 0.261 e. The van der Waals surface area contributed by atoms with Gasteiger partial charge in [0.2, 0.25) is 5.91 Å². The molecule has 7 nitrogen and oxygen atoms in total. The van der Waals surface area contributed by atoms with Crippen LogP contribution in [0.1, 0.15) is 51.0 Å². The minimum Gasteiger partial charge on any atom is -0.496 e. The van der Waals surface area contributed by atoms with Crippen LogP contribution < -0.4 is 19.5 Å². The Kier molecular flexibility index (Phi) is 10.1. The standard InChI is InChI=1S/C27H35ClN2O5/c1-4-25(27(32)29-20-11-6-5-7-12-20)30(17-19-10-8-9-13-24(19)28)26(31)18-35-23-15-21(33-2)14-22(16-23)34-3/h8-10,13-16,20,25H,4-7,11-12,17-18H2,1-3H3,(H,29,32)/t25-/m1/s1. The van der Waals surface area contributed by atoms with Crippen molar-refractivity contribution in [2.75, 3.05) is 20.8 Å². The van der Waals surface area contributed by atoms with Crippen LogP contribution in [0.4, 0.5) is 0 Å². The van der Waals surface area contributed by atoms with Gasteiger partial charge in [-0.2, -0.15) is 0 Å². The van der Waals surface area contributed by atoms with Gasteiger partial charge in [0.15, 0.2) is 6.61 Å². The molecule has 2 aromatic rings. The zero-order chi connectivity index (χ0) is 25.2. The van der Waals surface area contributed by atoms with E-state index in [1.54, 1.807) is 43.4 Å². The summed E-state index contributed by atoms with van der Waals surface area (Å²) in [7, 11) is 3.09. The van der Waals surface area contributed by atoms with E-state index < -0.39 is 6.04 Å². The van der Waals surface area contributed by atoms with E-state index in [4.69, 9.17) is 25.8 Å². The lowest BCUT2D eigenvalue weighted by molar-refractivity contribution is -0.143. The van der Waals surface area contributed by atoms with E-state index in [2.05, 4.69) is 5.32 Å². The number of benzene rings is 2. The van der Waals surface area contributed by atoms with E-state index in [1.807, 2.05) is 25.1 Å². The number of methoxy groups -OCH3 is 2. The molecular weight excluding hydrogens is 468 g/mol. The van der Waals surface area contributed by atoms with Crippen LogP contribution in [0.2, 0.25) is 5.02 Å². The van der Waals surface area contributed by atoms with Gasteiger partial charge in [-0.25, -0.2) is 0 Å². The van der Waals surface area contributed by atoms with Crippen molar-refractivity contribution in [3.05, 3.63) is 53.1 Å². The van der Waals surface area contributed by atoms with Gasteiger partial charge in [-0.1, -0.05) is 56.0 Å². The molecule has 8 heteroatoms. The third-order valence-corrected chi connectivity index (χ3v) is 6.69. The molecule has 0 aliphatic heterocycles. The number of hydrogen-bond acceptors (Lipinski definition) is 5. The summed E-state index contributed by atoms with van der Waals surface area (Å²) in [6.45, 7) is 1.87. The van der Waals surface area contributed by atoms with Gasteiger partial charge in [0.1, 0.15) is 23.3 Å². The second-order valence-corrected chi connectivity index (χ2v) is 9.12. The Balaban J connectivity index is 1.79. The first kappa shape index (κ1) is 26.7. The zero-order valence-corrected chi connectivity index (χ0v) is 21.5. The largest absolute Gasteiger partial charge is 0.496 e. The first-order valence-electron chi connectivity index (χ1n) is 12.1. The van der Waals surface area contributed by atoms with Crippen molar-refractivity contribution in [3.8, 4) is 17.2 Å². The molecule has 1 N–H and O–H groups in total. The molecule has 1 fully saturated rings. The highest BCUT2D eigenvalue weighted by molar-refractivity contribution is 6.31. The summed E-state index contributed by atoms with van der Waals surface area (Å²) in [6, 6.07) is 12.0. The fourth-order valence-corrected chi connectivity index (χ4v) is 4.56. The molecule has 0 heterocycles. The molecule has 3 rings (SSSR count). The highest BCUT2D eigenvalue weighted by Crippen LogP contribution is 2.28. The van der Waals surface area contributed by atoms with Crippen LogP contribution in [-0.2, 0) is 16.1 Å². The third kappa shape index (κ3) is 7.52. The molecular formula is C27H35ClN2O5. The van der Waals surface area contributed by atoms with Crippen molar-refractivity contribution in [1.29, 1.82) is 0 Å². The lowest BCUT2D eigenvalue weighted by atomic mass is 9.95. The SMILES string of the molecule is CC[C@H](C(=O)NC1CCCCC1)N(Cc1ccccc1Cl)C(=O)COc1cc(OC)cc(OC)c1. The first-order valence-corrected chi connectivity index (χ1v) is 12.5. The summed E-state index contributed by atoms with van der Waals surface area (Å²) < 4.78 is 16.4. The van der Waals surface area contributed by atoms with Crippen LogP contribution in [0, 0.1) is 0 Å². The van der Waals surface area contributed by atoms with Crippen LogP contribution in [0.25, 0.3) is 0 Å². The van der Waals surface area contributed by atoms with Gasteiger partial charge in [0.25, 0.3) is 5.91 Å². The third-order valence-electron chi connectivity index (χ3n) is 6.32. The zero-order valence-electron chi connectivity index (χ0n) is 20.7.